The average molecular weight is 1360 g/mol. The van der Waals surface area contributed by atoms with Gasteiger partial charge >= 0.3 is 130 Å². The van der Waals surface area contributed by atoms with Crippen LogP contribution >= 0.6 is 0 Å². The molecule has 0 N–H and O–H groups in total. The van der Waals surface area contributed by atoms with Crippen molar-refractivity contribution in [3.05, 3.63) is 23.7 Å². The van der Waals surface area contributed by atoms with Crippen LogP contribution in [0.25, 0.3) is 0 Å². The third kappa shape index (κ3) is 9.77. The van der Waals surface area contributed by atoms with Gasteiger partial charge in [-0.2, -0.15) is 202 Å². The second-order valence-corrected chi connectivity index (χ2v) is 18.4. The first kappa shape index (κ1) is 76.9. The molecule has 0 aliphatic heterocycles. The van der Waals surface area contributed by atoms with Crippen molar-refractivity contribution in [2.45, 2.75) is 118 Å². The van der Waals surface area contributed by atoms with Gasteiger partial charge < -0.3 is 4.74 Å². The highest BCUT2D eigenvalue weighted by Crippen LogP contribution is 2.67. The molecule has 0 rings (SSSR count). The second kappa shape index (κ2) is 19.7. The summed E-state index contributed by atoms with van der Waals surface area (Å²) in [7, 11) is -23.9. The molecule has 0 amide bonds. The molecule has 0 spiro atoms. The zero-order chi connectivity index (χ0) is 67.2. The van der Waals surface area contributed by atoms with Gasteiger partial charge in [0.2, 0.25) is 11.7 Å². The van der Waals surface area contributed by atoms with Crippen molar-refractivity contribution in [1.82, 2.24) is 8.61 Å². The van der Waals surface area contributed by atoms with Gasteiger partial charge in [0, 0.05) is 14.1 Å². The fourth-order valence-electron chi connectivity index (χ4n) is 4.34. The maximum absolute atomic E-state index is 14.5. The van der Waals surface area contributed by atoms with Gasteiger partial charge in [-0.3, -0.25) is 0 Å². The molecule has 0 bridgehead atoms. The summed E-state index contributed by atoms with van der Waals surface area (Å²) < 4.78 is 671. The molecule has 0 saturated carbocycles. The average Bonchev–Trinajstić information content (AvgIpc) is 3.25. The van der Waals surface area contributed by atoms with E-state index in [9.17, 15) is 219 Å². The summed E-state index contributed by atoms with van der Waals surface area (Å²) in [6.45, 7) is 0. The van der Waals surface area contributed by atoms with E-state index in [1.165, 1.54) is 0 Å². The molecular formula is C26H6F46N2O5S2. The Hall–Kier alpha value is -4.12. The molecule has 0 fully saturated rings. The van der Waals surface area contributed by atoms with Gasteiger partial charge in [-0.25, -0.2) is 16.8 Å². The number of hydrogen-bond acceptors (Lipinski definition) is 5. The standard InChI is InChI=1S/C26H6F46N2O5S2/c1-73(80(75,76)25(69,70)19(55,56)15(47,48)11(39,40)9(35,36)13(43,44)17(51,52)21(59,60)61)23(65,66)7(31,32)3(27)5(29)79-6(30)4(28)8(33,34)24(67,68)74(2)81(77,78)26(71,72)20(57,58)16(49,50)12(41,42)10(37,38)14(45,46)18(53,54)22(62,63)64/h1-2H3. The van der Waals surface area contributed by atoms with E-state index in [0.29, 0.717) is 0 Å². The van der Waals surface area contributed by atoms with Crippen molar-refractivity contribution in [3.8, 4) is 0 Å². The molecule has 0 radical (unpaired) electrons. The van der Waals surface area contributed by atoms with E-state index in [-0.39, 0.29) is 0 Å². The number of alkyl halides is 42. The van der Waals surface area contributed by atoms with Crippen LogP contribution < -0.4 is 0 Å². The maximum atomic E-state index is 14.5. The number of hydrogen-bond donors (Lipinski definition) is 0. The fourth-order valence-corrected chi connectivity index (χ4v) is 6.77. The van der Waals surface area contributed by atoms with Crippen LogP contribution in [0.15, 0.2) is 23.7 Å². The van der Waals surface area contributed by atoms with E-state index in [1.807, 2.05) is 0 Å². The molecular weight excluding hydrogens is 1360 g/mol. The number of nitrogens with zero attached hydrogens (tertiary/aromatic N) is 2. The Bertz CT molecular complexity index is 2460. The van der Waals surface area contributed by atoms with Crippen LogP contribution in [0, 0.1) is 0 Å². The maximum Gasteiger partial charge on any atom is 0.460 e. The van der Waals surface area contributed by atoms with E-state index in [1.54, 1.807) is 4.74 Å². The molecule has 0 unspecified atom stereocenters. The van der Waals surface area contributed by atoms with Gasteiger partial charge in [0.05, 0.1) is 0 Å². The van der Waals surface area contributed by atoms with E-state index < -0.39 is 184 Å². The minimum atomic E-state index is -9.82. The van der Waals surface area contributed by atoms with E-state index in [4.69, 9.17) is 0 Å². The third-order valence-electron chi connectivity index (χ3n) is 9.38. The summed E-state index contributed by atoms with van der Waals surface area (Å²) in [4.78, 5) is 0. The Balaban J connectivity index is 7.69. The molecule has 0 saturated heterocycles. The summed E-state index contributed by atoms with van der Waals surface area (Å²) in [6.07, 6.45) is -16.8. The number of halogens is 46. The predicted molar refractivity (Wildman–Crippen MR) is 154 cm³/mol. The molecule has 0 aromatic heterocycles. The minimum Gasteiger partial charge on any atom is -0.400 e. The number of ether oxygens (including phenoxy) is 1. The predicted octanol–water partition coefficient (Wildman–Crippen LogP) is 14.1. The monoisotopic (exact) mass is 1360 g/mol. The van der Waals surface area contributed by atoms with Crippen LogP contribution in [-0.2, 0) is 24.8 Å². The van der Waals surface area contributed by atoms with Gasteiger partial charge in [-0.15, -0.1) is 8.61 Å². The zero-order valence-electron chi connectivity index (χ0n) is 35.1. The summed E-state index contributed by atoms with van der Waals surface area (Å²) >= 11 is 0. The Morgan fingerprint density at radius 3 is 0.580 bits per heavy atom. The van der Waals surface area contributed by atoms with Crippen molar-refractivity contribution in [3.63, 3.8) is 0 Å². The van der Waals surface area contributed by atoms with Gasteiger partial charge in [0.25, 0.3) is 20.0 Å². The fraction of sp³-hybridized carbons (Fsp3) is 0.846. The van der Waals surface area contributed by atoms with Gasteiger partial charge in [-0.1, -0.05) is 0 Å². The Kier molecular flexibility index (Phi) is 18.7. The summed E-state index contributed by atoms with van der Waals surface area (Å²) in [6, 6.07) is -27.7. The summed E-state index contributed by atoms with van der Waals surface area (Å²) in [5.41, 5.74) is 0. The molecule has 484 valence electrons. The van der Waals surface area contributed by atoms with Crippen molar-refractivity contribution < 1.29 is 224 Å². The van der Waals surface area contributed by atoms with E-state index >= 15 is 0 Å². The topological polar surface area (TPSA) is 84.0 Å². The van der Waals surface area contributed by atoms with Crippen LogP contribution in [-0.4, -0.2) is 157 Å². The highest BCUT2D eigenvalue weighted by Gasteiger charge is 2.99. The van der Waals surface area contributed by atoms with Crippen molar-refractivity contribution in [2.75, 3.05) is 14.1 Å². The Morgan fingerprint density at radius 1 is 0.272 bits per heavy atom. The van der Waals surface area contributed by atoms with Crippen LogP contribution in [0.3, 0.4) is 0 Å². The molecule has 0 aliphatic carbocycles. The van der Waals surface area contributed by atoms with Crippen LogP contribution in [0.2, 0.25) is 0 Å². The lowest BCUT2D eigenvalue weighted by Gasteiger charge is -2.43. The lowest BCUT2D eigenvalue weighted by atomic mass is 9.91. The van der Waals surface area contributed by atoms with Gasteiger partial charge in [0.15, 0.2) is 0 Å². The minimum absolute atomic E-state index is 1.78. The third-order valence-corrected chi connectivity index (χ3v) is 13.1. The lowest BCUT2D eigenvalue weighted by Crippen LogP contribution is -2.75. The molecule has 55 heteroatoms. The first-order chi connectivity index (χ1) is 34.2. The highest BCUT2D eigenvalue weighted by atomic mass is 32.2. The molecule has 0 aromatic carbocycles. The number of sulfonamides is 2. The first-order valence-electron chi connectivity index (χ1n) is 16.9. The largest absolute Gasteiger partial charge is 0.460 e. The summed E-state index contributed by atoms with van der Waals surface area (Å²) in [5, 5.41) is -18.7. The molecule has 81 heavy (non-hydrogen) atoms. The van der Waals surface area contributed by atoms with Gasteiger partial charge in [0.1, 0.15) is 0 Å². The van der Waals surface area contributed by atoms with Crippen molar-refractivity contribution >= 4 is 20.0 Å². The van der Waals surface area contributed by atoms with Crippen molar-refractivity contribution in [2.24, 2.45) is 0 Å². The Morgan fingerprint density at radius 2 is 0.420 bits per heavy atom. The number of rotatable bonds is 24. The zero-order valence-corrected chi connectivity index (χ0v) is 36.8. The first-order valence-corrected chi connectivity index (χ1v) is 19.8. The molecule has 0 aliphatic rings. The van der Waals surface area contributed by atoms with Crippen LogP contribution in [0.4, 0.5) is 202 Å². The SMILES string of the molecule is CN(C(F)(F)C(F)(F)C(F)=C(F)OC(F)=C(F)C(F)(F)C(F)(F)N(C)S(=O)(=O)C(F)(F)C(F)(F)C(F)(F)C(F)(F)C(F)(F)C(F)(F)C(F)(F)C(F)(F)F)S(=O)(=O)C(F)(F)C(F)(F)C(F)(F)C(F)(F)C(F)(F)C(F)(F)C(F)(F)C(F)(F)F. The van der Waals surface area contributed by atoms with Crippen molar-refractivity contribution in [1.29, 1.82) is 0 Å². The molecule has 0 atom stereocenters. The molecule has 7 nitrogen and oxygen atoms in total. The second-order valence-electron chi connectivity index (χ2n) is 14.4. The lowest BCUT2D eigenvalue weighted by molar-refractivity contribution is -0.458. The smallest absolute Gasteiger partial charge is 0.400 e. The molecule has 0 aromatic rings. The summed E-state index contributed by atoms with van der Waals surface area (Å²) in [5.74, 6) is -143. The quantitative estimate of drug-likeness (QED) is 0.0546. The Labute approximate surface area is 408 Å². The van der Waals surface area contributed by atoms with E-state index in [2.05, 4.69) is 0 Å². The van der Waals surface area contributed by atoms with E-state index in [0.717, 1.165) is 0 Å². The highest BCUT2D eigenvalue weighted by molar-refractivity contribution is 7.90. The normalized spacial score (nSPS) is 17.5. The van der Waals surface area contributed by atoms with Crippen LogP contribution in [0.1, 0.15) is 0 Å². The van der Waals surface area contributed by atoms with Crippen LogP contribution in [0.5, 0.6) is 0 Å². The van der Waals surface area contributed by atoms with Gasteiger partial charge in [-0.05, 0) is 0 Å². The molecule has 0 heterocycles.